The highest BCUT2D eigenvalue weighted by atomic mass is 15.3. The van der Waals surface area contributed by atoms with E-state index in [0.717, 1.165) is 25.7 Å². The molecule has 0 aromatic heterocycles. The van der Waals surface area contributed by atoms with Crippen molar-refractivity contribution in [2.45, 2.75) is 159 Å². The Hall–Kier alpha value is -5.08. The van der Waals surface area contributed by atoms with Gasteiger partial charge in [0.1, 0.15) is 0 Å². The summed E-state index contributed by atoms with van der Waals surface area (Å²) in [5.41, 5.74) is 18.3. The minimum atomic E-state index is -0.149. The highest BCUT2D eigenvalue weighted by molar-refractivity contribution is 5.59. The van der Waals surface area contributed by atoms with Gasteiger partial charge in [0, 0.05) is 11.4 Å². The molecule has 6 aromatic carbocycles. The number of anilines is 2. The van der Waals surface area contributed by atoms with Crippen molar-refractivity contribution in [1.82, 2.24) is 0 Å². The Morgan fingerprint density at radius 2 is 0.500 bits per heavy atom. The van der Waals surface area contributed by atoms with Crippen LogP contribution in [0.1, 0.15) is 148 Å². The lowest BCUT2D eigenvalue weighted by molar-refractivity contribution is 0.293. The van der Waals surface area contributed by atoms with Gasteiger partial charge in [-0.1, -0.05) is 137 Å². The average molecular weight is 827 g/mol. The van der Waals surface area contributed by atoms with E-state index in [4.69, 9.17) is 0 Å². The Morgan fingerprint density at radius 1 is 0.290 bits per heavy atom. The molecule has 0 saturated heterocycles. The van der Waals surface area contributed by atoms with Gasteiger partial charge < -0.3 is 9.80 Å². The molecule has 0 bridgehead atoms. The second-order valence-electron chi connectivity index (χ2n) is 19.0. The largest absolute Gasteiger partial charge is 0.353 e. The van der Waals surface area contributed by atoms with Gasteiger partial charge in [0.05, 0.1) is 22.2 Å². The van der Waals surface area contributed by atoms with E-state index in [2.05, 4.69) is 254 Å². The Labute approximate surface area is 378 Å². The van der Waals surface area contributed by atoms with E-state index in [1.54, 1.807) is 0 Å². The average Bonchev–Trinajstić information content (AvgIpc) is 3.28. The van der Waals surface area contributed by atoms with Crippen LogP contribution in [0.3, 0.4) is 0 Å². The molecule has 0 aliphatic heterocycles. The van der Waals surface area contributed by atoms with E-state index in [9.17, 15) is 0 Å². The first kappa shape index (κ1) is 48.0. The summed E-state index contributed by atoms with van der Waals surface area (Å²) in [7, 11) is 0. The lowest BCUT2D eigenvalue weighted by atomic mass is 9.77. The van der Waals surface area contributed by atoms with Crippen LogP contribution in [-0.2, 0) is 22.2 Å². The molecule has 0 fully saturated rings. The van der Waals surface area contributed by atoms with Gasteiger partial charge in [-0.3, -0.25) is 0 Å². The van der Waals surface area contributed by atoms with Crippen molar-refractivity contribution in [3.05, 3.63) is 200 Å². The molecule has 62 heavy (non-hydrogen) atoms. The molecule has 6 rings (SSSR count). The van der Waals surface area contributed by atoms with Crippen molar-refractivity contribution < 1.29 is 0 Å². The second-order valence-corrected chi connectivity index (χ2v) is 19.0. The standard InChI is InChI=1S/2C30H39N/c2*1-9-29(7,26-18-16-22(3)24(5)20-26)31(28-14-12-11-13-15-28)30(8,10-2)27-19-17-23(4)25(6)21-27/h2*11-21H,9-10H2,1-8H3. The first-order valence-corrected chi connectivity index (χ1v) is 23.4. The van der Waals surface area contributed by atoms with Crippen molar-refractivity contribution in [3.8, 4) is 0 Å². The molecule has 0 saturated carbocycles. The molecule has 0 heterocycles. The molecule has 4 atom stereocenters. The predicted octanol–water partition coefficient (Wildman–Crippen LogP) is 16.8. The van der Waals surface area contributed by atoms with Gasteiger partial charge in [-0.25, -0.2) is 0 Å². The van der Waals surface area contributed by atoms with Crippen LogP contribution in [0.25, 0.3) is 0 Å². The van der Waals surface area contributed by atoms with Gasteiger partial charge in [0.25, 0.3) is 0 Å². The maximum absolute atomic E-state index is 2.69. The summed E-state index contributed by atoms with van der Waals surface area (Å²) >= 11 is 0. The van der Waals surface area contributed by atoms with Crippen LogP contribution in [0.5, 0.6) is 0 Å². The summed E-state index contributed by atoms with van der Waals surface area (Å²) in [6.45, 7) is 36.6. The van der Waals surface area contributed by atoms with Crippen LogP contribution in [0, 0.1) is 55.4 Å². The second kappa shape index (κ2) is 19.5. The van der Waals surface area contributed by atoms with Crippen LogP contribution >= 0.6 is 0 Å². The third kappa shape index (κ3) is 9.32. The van der Waals surface area contributed by atoms with Gasteiger partial charge in [0.2, 0.25) is 0 Å². The van der Waals surface area contributed by atoms with Gasteiger partial charge in [-0.2, -0.15) is 0 Å². The Balaban J connectivity index is 0.000000234. The fraction of sp³-hybridized carbons (Fsp3) is 0.400. The molecular formula is C60H78N2. The van der Waals surface area contributed by atoms with E-state index in [-0.39, 0.29) is 22.2 Å². The predicted molar refractivity (Wildman–Crippen MR) is 272 cm³/mol. The number of hydrogen-bond donors (Lipinski definition) is 0. The van der Waals surface area contributed by atoms with E-state index >= 15 is 0 Å². The number of rotatable bonds is 14. The van der Waals surface area contributed by atoms with Gasteiger partial charge in [-0.05, 0) is 200 Å². The Morgan fingerprint density at radius 3 is 0.677 bits per heavy atom. The summed E-state index contributed by atoms with van der Waals surface area (Å²) in [6.07, 6.45) is 4.07. The molecule has 2 heteroatoms. The highest BCUT2D eigenvalue weighted by Gasteiger charge is 2.45. The Kier molecular flexibility index (Phi) is 15.1. The molecule has 0 spiro atoms. The smallest absolute Gasteiger partial charge is 0.0632 e. The van der Waals surface area contributed by atoms with Crippen LogP contribution in [0.15, 0.2) is 133 Å². The van der Waals surface area contributed by atoms with Crippen LogP contribution in [0.2, 0.25) is 0 Å². The molecule has 0 amide bonds. The normalized spacial score (nSPS) is 15.2. The zero-order valence-corrected chi connectivity index (χ0v) is 41.4. The highest BCUT2D eigenvalue weighted by Crippen LogP contribution is 2.49. The number of para-hydroxylation sites is 2. The maximum Gasteiger partial charge on any atom is 0.0632 e. The quantitative estimate of drug-likeness (QED) is 0.108. The monoisotopic (exact) mass is 827 g/mol. The molecule has 328 valence electrons. The zero-order chi connectivity index (χ0) is 45.6. The molecule has 0 N–H and O–H groups in total. The first-order chi connectivity index (χ1) is 29.3. The van der Waals surface area contributed by atoms with Crippen molar-refractivity contribution in [1.29, 1.82) is 0 Å². The molecule has 4 unspecified atom stereocenters. The van der Waals surface area contributed by atoms with E-state index in [0.29, 0.717) is 0 Å². The molecule has 2 nitrogen and oxygen atoms in total. The topological polar surface area (TPSA) is 6.48 Å². The van der Waals surface area contributed by atoms with Gasteiger partial charge in [0.15, 0.2) is 0 Å². The Bertz CT molecular complexity index is 2110. The van der Waals surface area contributed by atoms with Crippen molar-refractivity contribution >= 4 is 11.4 Å². The third-order valence-electron chi connectivity index (χ3n) is 15.3. The van der Waals surface area contributed by atoms with E-state index in [1.165, 1.54) is 78.1 Å². The maximum atomic E-state index is 2.69. The zero-order valence-electron chi connectivity index (χ0n) is 41.4. The van der Waals surface area contributed by atoms with Crippen molar-refractivity contribution in [2.24, 2.45) is 0 Å². The number of hydrogen-bond acceptors (Lipinski definition) is 2. The molecule has 0 aliphatic carbocycles. The van der Waals surface area contributed by atoms with Crippen molar-refractivity contribution in [2.75, 3.05) is 9.80 Å². The fourth-order valence-electron chi connectivity index (χ4n) is 9.65. The minimum Gasteiger partial charge on any atom is -0.353 e. The first-order valence-electron chi connectivity index (χ1n) is 23.4. The van der Waals surface area contributed by atoms with Crippen molar-refractivity contribution in [3.63, 3.8) is 0 Å². The van der Waals surface area contributed by atoms with E-state index < -0.39 is 0 Å². The number of benzene rings is 6. The number of nitrogens with zero attached hydrogens (tertiary/aromatic N) is 2. The SMILES string of the molecule is CCC(C)(c1ccc(C)c(C)c1)N(c1ccccc1)C(C)(CC)c1ccc(C)c(C)c1.CCC(C)(c1ccc(C)c(C)c1)N(c1ccccc1)C(C)(CC)c1ccc(C)c(C)c1. The van der Waals surface area contributed by atoms with Gasteiger partial charge in [-0.15, -0.1) is 0 Å². The summed E-state index contributed by atoms with van der Waals surface area (Å²) in [4.78, 5) is 5.38. The minimum absolute atomic E-state index is 0.149. The lowest BCUT2D eigenvalue weighted by Crippen LogP contribution is -2.55. The third-order valence-corrected chi connectivity index (χ3v) is 15.3. The molecular weight excluding hydrogens is 749 g/mol. The summed E-state index contributed by atoms with van der Waals surface area (Å²) in [5.74, 6) is 0. The number of aryl methyl sites for hydroxylation is 8. The van der Waals surface area contributed by atoms with E-state index in [1.807, 2.05) is 0 Å². The van der Waals surface area contributed by atoms with Crippen LogP contribution in [-0.4, -0.2) is 0 Å². The van der Waals surface area contributed by atoms with Crippen LogP contribution in [0.4, 0.5) is 11.4 Å². The molecule has 0 radical (unpaired) electrons. The summed E-state index contributed by atoms with van der Waals surface area (Å²) < 4.78 is 0. The lowest BCUT2D eigenvalue weighted by Gasteiger charge is -2.54. The van der Waals surface area contributed by atoms with Gasteiger partial charge >= 0.3 is 0 Å². The van der Waals surface area contributed by atoms with Crippen LogP contribution < -0.4 is 9.80 Å². The molecule has 0 aliphatic rings. The summed E-state index contributed by atoms with van der Waals surface area (Å²) in [6, 6.07) is 50.0. The fourth-order valence-corrected chi connectivity index (χ4v) is 9.65. The summed E-state index contributed by atoms with van der Waals surface area (Å²) in [5, 5.41) is 0. The molecule has 6 aromatic rings.